The molecule has 0 atom stereocenters. The highest BCUT2D eigenvalue weighted by molar-refractivity contribution is 6.25. The van der Waals surface area contributed by atoms with E-state index in [0.29, 0.717) is 11.4 Å². The lowest BCUT2D eigenvalue weighted by Crippen LogP contribution is -2.15. The third kappa shape index (κ3) is 6.33. The summed E-state index contributed by atoms with van der Waals surface area (Å²) in [6, 6.07) is 44.3. The van der Waals surface area contributed by atoms with E-state index in [4.69, 9.17) is 9.47 Å². The van der Waals surface area contributed by atoms with E-state index in [1.54, 1.807) is 17.0 Å². The summed E-state index contributed by atoms with van der Waals surface area (Å²) in [5.74, 6) is -2.93. The van der Waals surface area contributed by atoms with E-state index < -0.39 is 23.6 Å². The van der Waals surface area contributed by atoms with Crippen molar-refractivity contribution in [2.75, 3.05) is 4.90 Å². The fourth-order valence-corrected chi connectivity index (χ4v) is 6.60. The van der Waals surface area contributed by atoms with Crippen molar-refractivity contribution in [2.24, 2.45) is 0 Å². The number of rotatable bonds is 9. The third-order valence-electron chi connectivity index (χ3n) is 8.92. The van der Waals surface area contributed by atoms with Crippen LogP contribution in [0.15, 0.2) is 152 Å². The van der Waals surface area contributed by atoms with Crippen LogP contribution in [-0.2, 0) is 22.7 Å². The molecule has 8 aromatic rings. The molecule has 0 unspecified atom stereocenters. The highest BCUT2D eigenvalue weighted by Gasteiger charge is 2.23. The van der Waals surface area contributed by atoms with Gasteiger partial charge in [0.1, 0.15) is 24.8 Å². The molecule has 0 aromatic heterocycles. The molecule has 8 aromatic carbocycles. The molecule has 0 bridgehead atoms. The number of hydrogen-bond acceptors (Lipinski definition) is 5. The quantitative estimate of drug-likeness (QED) is 0.113. The minimum Gasteiger partial charge on any atom is -0.457 e. The number of benzene rings is 8. The second kappa shape index (κ2) is 13.4. The number of nitrogens with zero attached hydrogens (tertiary/aromatic N) is 1. The molecule has 51 heavy (non-hydrogen) atoms. The van der Waals surface area contributed by atoms with Gasteiger partial charge in [-0.25, -0.2) is 18.4 Å². The summed E-state index contributed by atoms with van der Waals surface area (Å²) in [6.45, 7) is 0.0110. The van der Waals surface area contributed by atoms with Crippen molar-refractivity contribution in [3.05, 3.63) is 186 Å². The summed E-state index contributed by atoms with van der Waals surface area (Å²) in [6.07, 6.45) is 0. The van der Waals surface area contributed by atoms with Crippen LogP contribution in [0.1, 0.15) is 31.8 Å². The van der Waals surface area contributed by atoms with E-state index in [1.807, 2.05) is 109 Å². The maximum Gasteiger partial charge on any atom is 0.338 e. The average Bonchev–Trinajstić information content (AvgIpc) is 3.16. The van der Waals surface area contributed by atoms with Crippen LogP contribution in [0.4, 0.5) is 25.8 Å². The van der Waals surface area contributed by atoms with Crippen molar-refractivity contribution < 1.29 is 27.8 Å². The van der Waals surface area contributed by atoms with Gasteiger partial charge in [0, 0.05) is 17.1 Å². The first-order valence-corrected chi connectivity index (χ1v) is 16.4. The second-order valence-corrected chi connectivity index (χ2v) is 12.3. The van der Waals surface area contributed by atoms with Gasteiger partial charge in [0.05, 0.1) is 22.5 Å². The van der Waals surface area contributed by atoms with Crippen LogP contribution >= 0.6 is 0 Å². The van der Waals surface area contributed by atoms with Crippen LogP contribution in [0, 0.1) is 11.6 Å². The molecule has 5 nitrogen and oxygen atoms in total. The summed E-state index contributed by atoms with van der Waals surface area (Å²) in [5, 5.41) is 5.95. The molecule has 0 radical (unpaired) electrons. The van der Waals surface area contributed by atoms with Gasteiger partial charge in [-0.1, -0.05) is 109 Å². The van der Waals surface area contributed by atoms with E-state index in [-0.39, 0.29) is 30.0 Å². The van der Waals surface area contributed by atoms with E-state index >= 15 is 0 Å². The van der Waals surface area contributed by atoms with Crippen molar-refractivity contribution in [1.82, 2.24) is 0 Å². The molecular formula is C44H29F2NO4. The maximum atomic E-state index is 15.0. The lowest BCUT2D eigenvalue weighted by Gasteiger charge is -2.28. The number of esters is 2. The minimum absolute atomic E-state index is 0.00549. The fourth-order valence-electron chi connectivity index (χ4n) is 6.60. The van der Waals surface area contributed by atoms with Gasteiger partial charge < -0.3 is 14.4 Å². The zero-order valence-corrected chi connectivity index (χ0v) is 27.2. The van der Waals surface area contributed by atoms with E-state index in [2.05, 4.69) is 6.07 Å². The van der Waals surface area contributed by atoms with Gasteiger partial charge in [-0.15, -0.1) is 0 Å². The highest BCUT2D eigenvalue weighted by Crippen LogP contribution is 2.44. The zero-order chi connectivity index (χ0) is 34.9. The first-order valence-electron chi connectivity index (χ1n) is 16.4. The Balaban J connectivity index is 1.30. The molecule has 0 saturated carbocycles. The van der Waals surface area contributed by atoms with Crippen LogP contribution in [-0.4, -0.2) is 11.9 Å². The molecule has 0 aliphatic rings. The Labute approximate surface area is 292 Å². The molecule has 7 heteroatoms. The van der Waals surface area contributed by atoms with E-state index in [1.165, 1.54) is 18.2 Å². The lowest BCUT2D eigenvalue weighted by molar-refractivity contribution is 0.0470. The van der Waals surface area contributed by atoms with Gasteiger partial charge in [0.15, 0.2) is 0 Å². The molecule has 0 saturated heterocycles. The van der Waals surface area contributed by atoms with Gasteiger partial charge >= 0.3 is 11.9 Å². The van der Waals surface area contributed by atoms with Crippen molar-refractivity contribution in [1.29, 1.82) is 0 Å². The molecule has 0 amide bonds. The van der Waals surface area contributed by atoms with Crippen LogP contribution < -0.4 is 4.90 Å². The SMILES string of the molecule is O=C(OCc1ccccc1)c1cc(C(=O)OCc2ccccc2)cc(N(c2cc(F)cc(F)c2)c2ccc3ccc4cccc5ccc2c3c45)c1. The second-order valence-electron chi connectivity index (χ2n) is 12.3. The summed E-state index contributed by atoms with van der Waals surface area (Å²) < 4.78 is 41.3. The topological polar surface area (TPSA) is 55.8 Å². The molecule has 0 fully saturated rings. The smallest absolute Gasteiger partial charge is 0.338 e. The van der Waals surface area contributed by atoms with Gasteiger partial charge in [0.2, 0.25) is 0 Å². The number of carbonyl (C=O) groups is 2. The van der Waals surface area contributed by atoms with Gasteiger partial charge in [-0.3, -0.25) is 0 Å². The Morgan fingerprint density at radius 3 is 1.55 bits per heavy atom. The number of hydrogen-bond donors (Lipinski definition) is 0. The molecule has 8 rings (SSSR count). The Bertz CT molecular complexity index is 2440. The Morgan fingerprint density at radius 1 is 0.490 bits per heavy atom. The van der Waals surface area contributed by atoms with Crippen molar-refractivity contribution in [3.8, 4) is 0 Å². The lowest BCUT2D eigenvalue weighted by atomic mass is 9.93. The maximum absolute atomic E-state index is 15.0. The summed E-state index contributed by atoms with van der Waals surface area (Å²) >= 11 is 0. The van der Waals surface area contributed by atoms with Crippen LogP contribution in [0.3, 0.4) is 0 Å². The highest BCUT2D eigenvalue weighted by atomic mass is 19.1. The predicted octanol–water partition coefficient (Wildman–Crippen LogP) is 11.0. The van der Waals surface area contributed by atoms with Gasteiger partial charge in [-0.05, 0) is 74.5 Å². The molecule has 0 aliphatic heterocycles. The monoisotopic (exact) mass is 673 g/mol. The minimum atomic E-state index is -0.784. The normalized spacial score (nSPS) is 11.3. The van der Waals surface area contributed by atoms with E-state index in [9.17, 15) is 18.4 Å². The van der Waals surface area contributed by atoms with Gasteiger partial charge in [-0.2, -0.15) is 0 Å². The standard InChI is InChI=1S/C44H29F2NO4/c45-35-23-36(46)25-38(24-35)47(40-19-17-32-15-14-30-12-7-13-31-16-18-39(40)42(32)41(30)31)37-21-33(43(48)50-26-28-8-3-1-4-9-28)20-34(22-37)44(49)51-27-29-10-5-2-6-11-29/h1-25H,26-27H2. The van der Waals surface area contributed by atoms with Crippen molar-refractivity contribution >= 4 is 61.3 Å². The molecule has 248 valence electrons. The third-order valence-corrected chi connectivity index (χ3v) is 8.92. The molecule has 0 heterocycles. The number of halogens is 2. The number of carbonyl (C=O) groups excluding carboxylic acids is 2. The first kappa shape index (κ1) is 31.7. The molecular weight excluding hydrogens is 644 g/mol. The van der Waals surface area contributed by atoms with Crippen LogP contribution in [0.25, 0.3) is 32.3 Å². The molecule has 0 aliphatic carbocycles. The first-order chi connectivity index (χ1) is 24.9. The summed E-state index contributed by atoms with van der Waals surface area (Å²) in [7, 11) is 0. The average molecular weight is 674 g/mol. The number of anilines is 3. The van der Waals surface area contributed by atoms with Crippen molar-refractivity contribution in [2.45, 2.75) is 13.2 Å². The zero-order valence-electron chi connectivity index (χ0n) is 27.2. The summed E-state index contributed by atoms with van der Waals surface area (Å²) in [4.78, 5) is 29.0. The van der Waals surface area contributed by atoms with Crippen LogP contribution in [0.2, 0.25) is 0 Å². The largest absolute Gasteiger partial charge is 0.457 e. The molecule has 0 N–H and O–H groups in total. The van der Waals surface area contributed by atoms with Gasteiger partial charge in [0.25, 0.3) is 0 Å². The predicted molar refractivity (Wildman–Crippen MR) is 196 cm³/mol. The molecule has 0 spiro atoms. The van der Waals surface area contributed by atoms with E-state index in [0.717, 1.165) is 49.5 Å². The Morgan fingerprint density at radius 2 is 0.980 bits per heavy atom. The van der Waals surface area contributed by atoms with Crippen molar-refractivity contribution in [3.63, 3.8) is 0 Å². The fraction of sp³-hybridized carbons (Fsp3) is 0.0455. The Hall–Kier alpha value is -6.60. The van der Waals surface area contributed by atoms with Crippen LogP contribution in [0.5, 0.6) is 0 Å². The Kier molecular flexibility index (Phi) is 8.30. The summed E-state index contributed by atoms with van der Waals surface area (Å²) in [5.41, 5.74) is 2.75. The number of ether oxygens (including phenoxy) is 2.